The van der Waals surface area contributed by atoms with E-state index in [1.807, 2.05) is 24.3 Å². The van der Waals surface area contributed by atoms with E-state index in [-0.39, 0.29) is 6.42 Å². The zero-order valence-electron chi connectivity index (χ0n) is 10.0. The summed E-state index contributed by atoms with van der Waals surface area (Å²) in [5.41, 5.74) is 1.20. The zero-order valence-corrected chi connectivity index (χ0v) is 10.0. The highest BCUT2D eigenvalue weighted by Crippen LogP contribution is 2.13. The van der Waals surface area contributed by atoms with E-state index < -0.39 is 5.97 Å². The van der Waals surface area contributed by atoms with Gasteiger partial charge < -0.3 is 14.6 Å². The lowest BCUT2D eigenvalue weighted by Crippen LogP contribution is -2.02. The molecule has 4 nitrogen and oxygen atoms in total. The van der Waals surface area contributed by atoms with Gasteiger partial charge in [0.15, 0.2) is 0 Å². The van der Waals surface area contributed by atoms with Crippen molar-refractivity contribution in [1.29, 1.82) is 0 Å². The van der Waals surface area contributed by atoms with Gasteiger partial charge in [0.05, 0.1) is 13.2 Å². The Morgan fingerprint density at radius 2 is 1.94 bits per heavy atom. The van der Waals surface area contributed by atoms with Gasteiger partial charge in [0.2, 0.25) is 0 Å². The van der Waals surface area contributed by atoms with Gasteiger partial charge in [-0.15, -0.1) is 0 Å². The molecule has 0 amide bonds. The SMILES string of the molecule is COCCc1ccc(OCCCC(=O)O)cc1. The molecule has 0 saturated carbocycles. The molecule has 1 aromatic rings. The molecular formula is C13H18O4. The van der Waals surface area contributed by atoms with Crippen molar-refractivity contribution in [2.45, 2.75) is 19.3 Å². The van der Waals surface area contributed by atoms with E-state index in [1.165, 1.54) is 5.56 Å². The van der Waals surface area contributed by atoms with Gasteiger partial charge >= 0.3 is 5.97 Å². The molecule has 0 aliphatic rings. The van der Waals surface area contributed by atoms with Gasteiger partial charge in [0.1, 0.15) is 5.75 Å². The third-order valence-corrected chi connectivity index (χ3v) is 2.32. The zero-order chi connectivity index (χ0) is 12.5. The Hall–Kier alpha value is -1.55. The van der Waals surface area contributed by atoms with Gasteiger partial charge in [-0.25, -0.2) is 0 Å². The van der Waals surface area contributed by atoms with Crippen molar-refractivity contribution in [2.75, 3.05) is 20.3 Å². The smallest absolute Gasteiger partial charge is 0.303 e. The number of rotatable bonds is 8. The second-order valence-electron chi connectivity index (χ2n) is 3.73. The van der Waals surface area contributed by atoms with Crippen LogP contribution in [0.3, 0.4) is 0 Å². The first-order chi connectivity index (χ1) is 8.22. The first kappa shape index (κ1) is 13.5. The highest BCUT2D eigenvalue weighted by molar-refractivity contribution is 5.66. The molecule has 0 aliphatic carbocycles. The molecule has 0 unspecified atom stereocenters. The lowest BCUT2D eigenvalue weighted by atomic mass is 10.1. The minimum atomic E-state index is -0.788. The Bertz CT molecular complexity index is 332. The summed E-state index contributed by atoms with van der Waals surface area (Å²) in [5.74, 6) is -0.0138. The fourth-order valence-corrected chi connectivity index (χ4v) is 1.39. The van der Waals surface area contributed by atoms with Crippen LogP contribution >= 0.6 is 0 Å². The molecule has 0 fully saturated rings. The Balaban J connectivity index is 2.27. The largest absolute Gasteiger partial charge is 0.494 e. The Morgan fingerprint density at radius 1 is 1.24 bits per heavy atom. The fraction of sp³-hybridized carbons (Fsp3) is 0.462. The standard InChI is InChI=1S/C13H18O4/c1-16-10-8-11-4-6-12(7-5-11)17-9-2-3-13(14)15/h4-7H,2-3,8-10H2,1H3,(H,14,15). The number of carboxylic acid groups (broad SMARTS) is 1. The predicted molar refractivity (Wildman–Crippen MR) is 64.4 cm³/mol. The number of aliphatic carboxylic acids is 1. The van der Waals surface area contributed by atoms with E-state index in [4.69, 9.17) is 14.6 Å². The van der Waals surface area contributed by atoms with Crippen molar-refractivity contribution in [3.05, 3.63) is 29.8 Å². The number of carbonyl (C=O) groups is 1. The van der Waals surface area contributed by atoms with Crippen molar-refractivity contribution in [3.8, 4) is 5.75 Å². The minimum Gasteiger partial charge on any atom is -0.494 e. The van der Waals surface area contributed by atoms with E-state index >= 15 is 0 Å². The average molecular weight is 238 g/mol. The molecule has 0 spiro atoms. The van der Waals surface area contributed by atoms with Crippen LogP contribution in [0.25, 0.3) is 0 Å². The first-order valence-electron chi connectivity index (χ1n) is 5.65. The van der Waals surface area contributed by atoms with Gasteiger partial charge in [0.25, 0.3) is 0 Å². The molecule has 0 aliphatic heterocycles. The summed E-state index contributed by atoms with van der Waals surface area (Å²) in [5, 5.41) is 8.46. The van der Waals surface area contributed by atoms with E-state index in [0.717, 1.165) is 12.2 Å². The summed E-state index contributed by atoms with van der Waals surface area (Å²) in [6.07, 6.45) is 1.56. The van der Waals surface area contributed by atoms with Crippen LogP contribution in [-0.2, 0) is 16.0 Å². The molecule has 4 heteroatoms. The summed E-state index contributed by atoms with van der Waals surface area (Å²) in [6, 6.07) is 7.77. The van der Waals surface area contributed by atoms with E-state index in [2.05, 4.69) is 0 Å². The molecule has 0 bridgehead atoms. The van der Waals surface area contributed by atoms with Gasteiger partial charge in [-0.05, 0) is 30.5 Å². The molecule has 0 heterocycles. The molecular weight excluding hydrogens is 220 g/mol. The monoisotopic (exact) mass is 238 g/mol. The van der Waals surface area contributed by atoms with Crippen LogP contribution in [0.15, 0.2) is 24.3 Å². The quantitative estimate of drug-likeness (QED) is 0.705. The van der Waals surface area contributed by atoms with Crippen molar-refractivity contribution < 1.29 is 19.4 Å². The minimum absolute atomic E-state index is 0.145. The lowest BCUT2D eigenvalue weighted by Gasteiger charge is -2.06. The van der Waals surface area contributed by atoms with E-state index in [1.54, 1.807) is 7.11 Å². The summed E-state index contributed by atoms with van der Waals surface area (Å²) >= 11 is 0. The second-order valence-corrected chi connectivity index (χ2v) is 3.73. The normalized spacial score (nSPS) is 10.2. The fourth-order valence-electron chi connectivity index (χ4n) is 1.39. The predicted octanol–water partition coefficient (Wildman–Crippen LogP) is 2.12. The molecule has 1 aromatic carbocycles. The third-order valence-electron chi connectivity index (χ3n) is 2.32. The first-order valence-corrected chi connectivity index (χ1v) is 5.65. The molecule has 1 N–H and O–H groups in total. The van der Waals surface area contributed by atoms with Gasteiger partial charge in [-0.3, -0.25) is 4.79 Å². The molecule has 0 atom stereocenters. The molecule has 17 heavy (non-hydrogen) atoms. The maximum absolute atomic E-state index is 10.3. The van der Waals surface area contributed by atoms with Crippen LogP contribution < -0.4 is 4.74 Å². The number of methoxy groups -OCH3 is 1. The topological polar surface area (TPSA) is 55.8 Å². The van der Waals surface area contributed by atoms with Crippen LogP contribution in [0.4, 0.5) is 0 Å². The second kappa shape index (κ2) is 7.68. The van der Waals surface area contributed by atoms with Crippen molar-refractivity contribution in [3.63, 3.8) is 0 Å². The van der Waals surface area contributed by atoms with Crippen LogP contribution in [0, 0.1) is 0 Å². The van der Waals surface area contributed by atoms with E-state index in [9.17, 15) is 4.79 Å². The van der Waals surface area contributed by atoms with Crippen LogP contribution in [-0.4, -0.2) is 31.4 Å². The number of hydrogen-bond donors (Lipinski definition) is 1. The number of benzene rings is 1. The van der Waals surface area contributed by atoms with Gasteiger partial charge in [0, 0.05) is 13.5 Å². The Labute approximate surface area is 101 Å². The lowest BCUT2D eigenvalue weighted by molar-refractivity contribution is -0.137. The van der Waals surface area contributed by atoms with Gasteiger partial charge in [-0.1, -0.05) is 12.1 Å². The average Bonchev–Trinajstić information content (AvgIpc) is 2.33. The summed E-state index contributed by atoms with van der Waals surface area (Å²) in [7, 11) is 1.68. The maximum atomic E-state index is 10.3. The third kappa shape index (κ3) is 5.92. The number of carboxylic acids is 1. The molecule has 0 radical (unpaired) electrons. The Kier molecular flexibility index (Phi) is 6.10. The highest BCUT2D eigenvalue weighted by atomic mass is 16.5. The van der Waals surface area contributed by atoms with Crippen molar-refractivity contribution in [1.82, 2.24) is 0 Å². The van der Waals surface area contributed by atoms with Crippen LogP contribution in [0.5, 0.6) is 5.75 Å². The summed E-state index contributed by atoms with van der Waals surface area (Å²) in [4.78, 5) is 10.3. The van der Waals surface area contributed by atoms with Crippen molar-refractivity contribution >= 4 is 5.97 Å². The van der Waals surface area contributed by atoms with Crippen molar-refractivity contribution in [2.24, 2.45) is 0 Å². The Morgan fingerprint density at radius 3 is 2.53 bits per heavy atom. The van der Waals surface area contributed by atoms with Gasteiger partial charge in [-0.2, -0.15) is 0 Å². The summed E-state index contributed by atoms with van der Waals surface area (Å²) in [6.45, 7) is 1.14. The maximum Gasteiger partial charge on any atom is 0.303 e. The molecule has 0 aromatic heterocycles. The number of ether oxygens (including phenoxy) is 2. The highest BCUT2D eigenvalue weighted by Gasteiger charge is 1.98. The molecule has 94 valence electrons. The summed E-state index contributed by atoms with van der Waals surface area (Å²) < 4.78 is 10.4. The van der Waals surface area contributed by atoms with E-state index in [0.29, 0.717) is 19.6 Å². The molecule has 1 rings (SSSR count). The molecule has 0 saturated heterocycles. The number of hydrogen-bond acceptors (Lipinski definition) is 3. The van der Waals surface area contributed by atoms with Crippen LogP contribution in [0.1, 0.15) is 18.4 Å². The van der Waals surface area contributed by atoms with Crippen LogP contribution in [0.2, 0.25) is 0 Å².